The van der Waals surface area contributed by atoms with E-state index in [1.807, 2.05) is 13.1 Å². The van der Waals surface area contributed by atoms with E-state index in [1.54, 1.807) is 11.1 Å². The number of rotatable bonds is 4. The molecule has 0 aromatic carbocycles. The molecule has 56 valence electrons. The Balaban J connectivity index is 4.18. The van der Waals surface area contributed by atoms with E-state index in [4.69, 9.17) is 0 Å². The van der Waals surface area contributed by atoms with Crippen molar-refractivity contribution < 1.29 is 0 Å². The Morgan fingerprint density at radius 1 is 1.70 bits per heavy atom. The summed E-state index contributed by atoms with van der Waals surface area (Å²) < 4.78 is 0. The van der Waals surface area contributed by atoms with Crippen LogP contribution in [-0.4, -0.2) is 18.8 Å². The monoisotopic (exact) mass is 138 g/mol. The van der Waals surface area contributed by atoms with Crippen LogP contribution in [0.25, 0.3) is 0 Å². The van der Waals surface area contributed by atoms with Gasteiger partial charge in [-0.2, -0.15) is 5.10 Å². The second-order valence-electron chi connectivity index (χ2n) is 1.91. The summed E-state index contributed by atoms with van der Waals surface area (Å²) in [6.07, 6.45) is 4.79. The van der Waals surface area contributed by atoms with Gasteiger partial charge in [0.2, 0.25) is 0 Å². The first-order valence-corrected chi connectivity index (χ1v) is 3.29. The molecule has 0 unspecified atom stereocenters. The second-order valence-corrected chi connectivity index (χ2v) is 1.91. The van der Waals surface area contributed by atoms with Gasteiger partial charge in [-0.1, -0.05) is 19.6 Å². The van der Waals surface area contributed by atoms with E-state index >= 15 is 0 Å². The molecule has 0 saturated heterocycles. The van der Waals surface area contributed by atoms with Gasteiger partial charge in [-0.05, 0) is 12.5 Å². The molecule has 0 aliphatic heterocycles. The molecule has 0 N–H and O–H groups in total. The molecule has 0 aliphatic rings. The fourth-order valence-electron chi connectivity index (χ4n) is 0.638. The maximum atomic E-state index is 3.72. The van der Waals surface area contributed by atoms with Crippen molar-refractivity contribution in [2.24, 2.45) is 5.10 Å². The summed E-state index contributed by atoms with van der Waals surface area (Å²) >= 11 is 0. The van der Waals surface area contributed by atoms with Crippen molar-refractivity contribution in [1.29, 1.82) is 0 Å². The van der Waals surface area contributed by atoms with Crippen LogP contribution >= 0.6 is 0 Å². The minimum atomic E-state index is 0.987. The molecule has 10 heavy (non-hydrogen) atoms. The van der Waals surface area contributed by atoms with Crippen molar-refractivity contribution in [3.8, 4) is 0 Å². The normalized spacial score (nSPS) is 10.8. The summed E-state index contributed by atoms with van der Waals surface area (Å²) in [5, 5.41) is 5.41. The molecule has 0 amide bonds. The lowest BCUT2D eigenvalue weighted by Crippen LogP contribution is -2.07. The topological polar surface area (TPSA) is 15.6 Å². The van der Waals surface area contributed by atoms with Gasteiger partial charge < -0.3 is 0 Å². The number of allylic oxidation sites excluding steroid dienone is 2. The molecule has 0 heterocycles. The lowest BCUT2D eigenvalue weighted by atomic mass is 10.3. The van der Waals surface area contributed by atoms with Crippen LogP contribution in [0.4, 0.5) is 0 Å². The molecule has 2 nitrogen and oxygen atoms in total. The molecule has 0 aromatic heterocycles. The third-order valence-corrected chi connectivity index (χ3v) is 1.21. The van der Waals surface area contributed by atoms with Crippen LogP contribution < -0.4 is 0 Å². The molecule has 0 aliphatic carbocycles. The lowest BCUT2D eigenvalue weighted by molar-refractivity contribution is 0.464. The van der Waals surface area contributed by atoms with E-state index in [1.165, 1.54) is 0 Å². The molecule has 0 radical (unpaired) electrons. The smallest absolute Gasteiger partial charge is 0.0544 e. The van der Waals surface area contributed by atoms with E-state index in [2.05, 4.69) is 25.3 Å². The highest BCUT2D eigenvalue weighted by atomic mass is 15.4. The molecule has 0 atom stereocenters. The van der Waals surface area contributed by atoms with E-state index in [0.29, 0.717) is 0 Å². The van der Waals surface area contributed by atoms with Gasteiger partial charge in [0.1, 0.15) is 0 Å². The summed E-state index contributed by atoms with van der Waals surface area (Å²) in [5.41, 5.74) is 0.998. The van der Waals surface area contributed by atoms with E-state index in [-0.39, 0.29) is 0 Å². The van der Waals surface area contributed by atoms with Gasteiger partial charge in [0.15, 0.2) is 0 Å². The van der Waals surface area contributed by atoms with Crippen LogP contribution in [0, 0.1) is 0 Å². The predicted molar refractivity (Wildman–Crippen MR) is 45.9 cm³/mol. The number of hydrogen-bond donors (Lipinski definition) is 0. The largest absolute Gasteiger partial charge is 0.270 e. The summed E-state index contributed by atoms with van der Waals surface area (Å²) in [7, 11) is 1.84. The average Bonchev–Trinajstić information content (AvgIpc) is 1.99. The van der Waals surface area contributed by atoms with Gasteiger partial charge in [-0.15, -0.1) is 0 Å². The standard InChI is InChI=1S/C8H14N2/c1-5-7-8(6-2)10(4)9-3/h6-7H,2-3,5H2,1,4H3/b8-7+. The second kappa shape index (κ2) is 4.79. The summed E-state index contributed by atoms with van der Waals surface area (Å²) in [5.74, 6) is 0. The Hall–Kier alpha value is -1.05. The van der Waals surface area contributed by atoms with E-state index < -0.39 is 0 Å². The van der Waals surface area contributed by atoms with Gasteiger partial charge >= 0.3 is 0 Å². The van der Waals surface area contributed by atoms with Crippen LogP contribution in [0.15, 0.2) is 29.5 Å². The molecular weight excluding hydrogens is 124 g/mol. The first-order chi connectivity index (χ1) is 4.76. The first-order valence-electron chi connectivity index (χ1n) is 3.29. The Kier molecular flexibility index (Phi) is 4.29. The zero-order valence-corrected chi connectivity index (χ0v) is 6.67. The van der Waals surface area contributed by atoms with Crippen molar-refractivity contribution in [3.63, 3.8) is 0 Å². The van der Waals surface area contributed by atoms with Crippen molar-refractivity contribution >= 4 is 6.72 Å². The number of hydrogen-bond acceptors (Lipinski definition) is 2. The Labute approximate surface area is 62.5 Å². The molecule has 0 saturated carbocycles. The number of nitrogens with zero attached hydrogens (tertiary/aromatic N) is 2. The van der Waals surface area contributed by atoms with Crippen LogP contribution in [-0.2, 0) is 0 Å². The molecule has 0 fully saturated rings. The first kappa shape index (κ1) is 8.95. The molecule has 0 rings (SSSR count). The van der Waals surface area contributed by atoms with Gasteiger partial charge in [0, 0.05) is 13.8 Å². The van der Waals surface area contributed by atoms with E-state index in [0.717, 1.165) is 12.1 Å². The Morgan fingerprint density at radius 2 is 2.30 bits per heavy atom. The van der Waals surface area contributed by atoms with Crippen molar-refractivity contribution in [3.05, 3.63) is 24.4 Å². The quantitative estimate of drug-likeness (QED) is 0.329. The van der Waals surface area contributed by atoms with Gasteiger partial charge in [-0.3, -0.25) is 5.01 Å². The number of likely N-dealkylation sites (N-methyl/N-ethyl adjacent to an activating group) is 1. The zero-order chi connectivity index (χ0) is 7.98. The van der Waals surface area contributed by atoms with Crippen molar-refractivity contribution in [2.75, 3.05) is 7.05 Å². The highest BCUT2D eigenvalue weighted by Gasteiger charge is 1.92. The maximum Gasteiger partial charge on any atom is 0.0544 e. The van der Waals surface area contributed by atoms with Gasteiger partial charge in [0.25, 0.3) is 0 Å². The Morgan fingerprint density at radius 3 is 2.60 bits per heavy atom. The molecule has 2 heteroatoms. The van der Waals surface area contributed by atoms with Crippen LogP contribution in [0.3, 0.4) is 0 Å². The van der Waals surface area contributed by atoms with Crippen LogP contribution in [0.1, 0.15) is 13.3 Å². The van der Waals surface area contributed by atoms with E-state index in [9.17, 15) is 0 Å². The summed E-state index contributed by atoms with van der Waals surface area (Å²) in [6, 6.07) is 0. The predicted octanol–water partition coefficient (Wildman–Crippen LogP) is 2.01. The highest BCUT2D eigenvalue weighted by molar-refractivity contribution is 5.24. The fourth-order valence-corrected chi connectivity index (χ4v) is 0.638. The molecule has 0 bridgehead atoms. The zero-order valence-electron chi connectivity index (χ0n) is 6.67. The summed E-state index contributed by atoms with van der Waals surface area (Å²) in [6.45, 7) is 9.12. The van der Waals surface area contributed by atoms with Crippen molar-refractivity contribution in [2.45, 2.75) is 13.3 Å². The third-order valence-electron chi connectivity index (χ3n) is 1.21. The van der Waals surface area contributed by atoms with Gasteiger partial charge in [0.05, 0.1) is 5.70 Å². The third kappa shape index (κ3) is 2.49. The average molecular weight is 138 g/mol. The van der Waals surface area contributed by atoms with Gasteiger partial charge in [-0.25, -0.2) is 0 Å². The number of hydrazone groups is 1. The van der Waals surface area contributed by atoms with Crippen LogP contribution in [0.2, 0.25) is 0 Å². The summed E-state index contributed by atoms with van der Waals surface area (Å²) in [4.78, 5) is 0. The minimum Gasteiger partial charge on any atom is -0.270 e. The fraction of sp³-hybridized carbons (Fsp3) is 0.375. The SMILES string of the molecule is C=C/C(=C\CC)N(C)N=C. The molecular formula is C8H14N2. The molecule has 0 spiro atoms. The minimum absolute atomic E-state index is 0.987. The van der Waals surface area contributed by atoms with Crippen molar-refractivity contribution in [1.82, 2.24) is 5.01 Å². The maximum absolute atomic E-state index is 3.72. The lowest BCUT2D eigenvalue weighted by Gasteiger charge is -2.11. The van der Waals surface area contributed by atoms with Crippen LogP contribution in [0.5, 0.6) is 0 Å². The highest BCUT2D eigenvalue weighted by Crippen LogP contribution is 2.02. The Bertz CT molecular complexity index is 147. The molecule has 0 aromatic rings.